The first-order valence-electron chi connectivity index (χ1n) is 5.86. The highest BCUT2D eigenvalue weighted by molar-refractivity contribution is 5.45. The molecular weight excluding hydrogens is 202 g/mol. The predicted octanol–water partition coefficient (Wildman–Crippen LogP) is 2.27. The smallest absolute Gasteiger partial charge is 0.189 e. The van der Waals surface area contributed by atoms with Crippen molar-refractivity contribution in [2.24, 2.45) is 0 Å². The summed E-state index contributed by atoms with van der Waals surface area (Å²) in [4.78, 5) is 0. The van der Waals surface area contributed by atoms with E-state index in [4.69, 9.17) is 9.47 Å². The van der Waals surface area contributed by atoms with Crippen LogP contribution in [0.4, 0.5) is 0 Å². The Bertz CT molecular complexity index is 352. The van der Waals surface area contributed by atoms with Crippen molar-refractivity contribution in [3.05, 3.63) is 29.3 Å². The minimum absolute atomic E-state index is 0.344. The molecule has 3 nitrogen and oxygen atoms in total. The van der Waals surface area contributed by atoms with Crippen LogP contribution in [0.25, 0.3) is 0 Å². The molecule has 0 aliphatic heterocycles. The van der Waals surface area contributed by atoms with Crippen LogP contribution in [0.5, 0.6) is 5.75 Å². The first kappa shape index (κ1) is 11.4. The van der Waals surface area contributed by atoms with Gasteiger partial charge in [-0.3, -0.25) is 0 Å². The Kier molecular flexibility index (Phi) is 3.80. The Hall–Kier alpha value is -1.06. The zero-order chi connectivity index (χ0) is 11.4. The molecule has 0 amide bonds. The zero-order valence-corrected chi connectivity index (χ0v) is 9.95. The van der Waals surface area contributed by atoms with E-state index < -0.39 is 0 Å². The molecule has 0 fully saturated rings. The molecule has 0 aromatic heterocycles. The number of hydrogen-bond acceptors (Lipinski definition) is 3. The lowest BCUT2D eigenvalue weighted by atomic mass is 10.1. The molecule has 0 heterocycles. The molecule has 88 valence electrons. The summed E-state index contributed by atoms with van der Waals surface area (Å²) in [5, 5.41) is 3.33. The standard InChI is InChI=1S/C13H19NO2/c1-3-15-9-16-13-6-4-5-10-11(13)7-8-12(10)14-2/h4-6,12,14H,3,7-9H2,1-2H3. The molecule has 1 aromatic carbocycles. The summed E-state index contributed by atoms with van der Waals surface area (Å²) in [5.41, 5.74) is 2.71. The van der Waals surface area contributed by atoms with Gasteiger partial charge >= 0.3 is 0 Å². The van der Waals surface area contributed by atoms with E-state index in [9.17, 15) is 0 Å². The highest BCUT2D eigenvalue weighted by atomic mass is 16.7. The number of benzene rings is 1. The summed E-state index contributed by atoms with van der Waals surface area (Å²) in [6.07, 6.45) is 2.24. The van der Waals surface area contributed by atoms with Gasteiger partial charge in [-0.2, -0.15) is 0 Å². The van der Waals surface area contributed by atoms with Gasteiger partial charge in [0.25, 0.3) is 0 Å². The number of nitrogens with one attached hydrogen (secondary N) is 1. The minimum Gasteiger partial charge on any atom is -0.467 e. The quantitative estimate of drug-likeness (QED) is 0.611. The van der Waals surface area contributed by atoms with E-state index in [1.165, 1.54) is 11.1 Å². The van der Waals surface area contributed by atoms with Crippen LogP contribution in [-0.4, -0.2) is 20.4 Å². The van der Waals surface area contributed by atoms with Crippen LogP contribution in [0.15, 0.2) is 18.2 Å². The Morgan fingerprint density at radius 3 is 3.06 bits per heavy atom. The molecule has 0 saturated carbocycles. The van der Waals surface area contributed by atoms with Gasteiger partial charge in [0.1, 0.15) is 5.75 Å². The Morgan fingerprint density at radius 1 is 1.44 bits per heavy atom. The summed E-state index contributed by atoms with van der Waals surface area (Å²) in [7, 11) is 2.01. The van der Waals surface area contributed by atoms with Gasteiger partial charge in [-0.05, 0) is 44.0 Å². The molecule has 3 heteroatoms. The maximum Gasteiger partial charge on any atom is 0.189 e. The van der Waals surface area contributed by atoms with Crippen LogP contribution < -0.4 is 10.1 Å². The van der Waals surface area contributed by atoms with Crippen molar-refractivity contribution in [3.8, 4) is 5.75 Å². The Balaban J connectivity index is 2.12. The molecule has 1 unspecified atom stereocenters. The van der Waals surface area contributed by atoms with E-state index in [0.717, 1.165) is 18.6 Å². The minimum atomic E-state index is 0.344. The van der Waals surface area contributed by atoms with Crippen molar-refractivity contribution in [1.82, 2.24) is 5.32 Å². The zero-order valence-electron chi connectivity index (χ0n) is 9.95. The lowest BCUT2D eigenvalue weighted by molar-refractivity contribution is 0.0219. The summed E-state index contributed by atoms with van der Waals surface area (Å²) in [6, 6.07) is 6.73. The van der Waals surface area contributed by atoms with E-state index in [2.05, 4.69) is 17.4 Å². The third-order valence-electron chi connectivity index (χ3n) is 3.08. The molecule has 0 spiro atoms. The van der Waals surface area contributed by atoms with E-state index in [0.29, 0.717) is 19.4 Å². The third kappa shape index (κ3) is 2.20. The third-order valence-corrected chi connectivity index (χ3v) is 3.08. The molecule has 2 rings (SSSR count). The molecular formula is C13H19NO2. The molecule has 1 aromatic rings. The monoisotopic (exact) mass is 221 g/mol. The summed E-state index contributed by atoms with van der Waals surface area (Å²) in [5.74, 6) is 0.976. The molecule has 0 saturated heterocycles. The summed E-state index contributed by atoms with van der Waals surface area (Å²) in [6.45, 7) is 3.00. The molecule has 0 bridgehead atoms. The van der Waals surface area contributed by atoms with Crippen LogP contribution in [0, 0.1) is 0 Å². The molecule has 16 heavy (non-hydrogen) atoms. The van der Waals surface area contributed by atoms with Gasteiger partial charge in [-0.25, -0.2) is 0 Å². The number of hydrogen-bond donors (Lipinski definition) is 1. The molecule has 1 aliphatic carbocycles. The van der Waals surface area contributed by atoms with Crippen molar-refractivity contribution < 1.29 is 9.47 Å². The first-order valence-corrected chi connectivity index (χ1v) is 5.86. The van der Waals surface area contributed by atoms with Crippen LogP contribution in [0.1, 0.15) is 30.5 Å². The average Bonchev–Trinajstić information content (AvgIpc) is 2.73. The van der Waals surface area contributed by atoms with Gasteiger partial charge in [0, 0.05) is 12.6 Å². The van der Waals surface area contributed by atoms with Crippen molar-refractivity contribution in [2.75, 3.05) is 20.4 Å². The van der Waals surface area contributed by atoms with Gasteiger partial charge in [-0.1, -0.05) is 12.1 Å². The van der Waals surface area contributed by atoms with Gasteiger partial charge in [0.2, 0.25) is 0 Å². The number of rotatable bonds is 5. The van der Waals surface area contributed by atoms with Gasteiger partial charge in [-0.15, -0.1) is 0 Å². The van der Waals surface area contributed by atoms with Gasteiger partial charge < -0.3 is 14.8 Å². The fourth-order valence-electron chi connectivity index (χ4n) is 2.24. The van der Waals surface area contributed by atoms with Crippen molar-refractivity contribution >= 4 is 0 Å². The average molecular weight is 221 g/mol. The van der Waals surface area contributed by atoms with E-state index in [1.54, 1.807) is 0 Å². The van der Waals surface area contributed by atoms with Gasteiger partial charge in [0.05, 0.1) is 0 Å². The molecule has 1 aliphatic rings. The molecule has 0 radical (unpaired) electrons. The van der Waals surface area contributed by atoms with Crippen molar-refractivity contribution in [2.45, 2.75) is 25.8 Å². The summed E-state index contributed by atoms with van der Waals surface area (Å²) < 4.78 is 10.8. The second kappa shape index (κ2) is 5.32. The van der Waals surface area contributed by atoms with E-state index >= 15 is 0 Å². The fraction of sp³-hybridized carbons (Fsp3) is 0.538. The Morgan fingerprint density at radius 2 is 2.31 bits per heavy atom. The first-order chi connectivity index (χ1) is 7.86. The largest absolute Gasteiger partial charge is 0.467 e. The van der Waals surface area contributed by atoms with Crippen molar-refractivity contribution in [3.63, 3.8) is 0 Å². The van der Waals surface area contributed by atoms with E-state index in [-0.39, 0.29) is 0 Å². The lowest BCUT2D eigenvalue weighted by Gasteiger charge is -2.12. The summed E-state index contributed by atoms with van der Waals surface area (Å²) >= 11 is 0. The van der Waals surface area contributed by atoms with Crippen LogP contribution in [0.2, 0.25) is 0 Å². The molecule has 1 N–H and O–H groups in total. The lowest BCUT2D eigenvalue weighted by Crippen LogP contribution is -2.12. The number of ether oxygens (including phenoxy) is 2. The normalized spacial score (nSPS) is 18.5. The van der Waals surface area contributed by atoms with Crippen LogP contribution in [-0.2, 0) is 11.2 Å². The second-order valence-electron chi connectivity index (χ2n) is 3.96. The van der Waals surface area contributed by atoms with Crippen molar-refractivity contribution in [1.29, 1.82) is 0 Å². The van der Waals surface area contributed by atoms with Crippen LogP contribution in [0.3, 0.4) is 0 Å². The highest BCUT2D eigenvalue weighted by Gasteiger charge is 2.23. The Labute approximate surface area is 96.8 Å². The van der Waals surface area contributed by atoms with Crippen LogP contribution >= 0.6 is 0 Å². The van der Waals surface area contributed by atoms with Gasteiger partial charge in [0.15, 0.2) is 6.79 Å². The number of fused-ring (bicyclic) bond motifs is 1. The molecule has 1 atom stereocenters. The fourth-order valence-corrected chi connectivity index (χ4v) is 2.24. The topological polar surface area (TPSA) is 30.5 Å². The second-order valence-corrected chi connectivity index (χ2v) is 3.96. The highest BCUT2D eigenvalue weighted by Crippen LogP contribution is 2.36. The maximum absolute atomic E-state index is 5.63. The van der Waals surface area contributed by atoms with E-state index in [1.807, 2.05) is 20.0 Å². The predicted molar refractivity (Wildman–Crippen MR) is 63.7 cm³/mol. The maximum atomic E-state index is 5.63. The SMILES string of the molecule is CCOCOc1cccc2c1CCC2NC.